The van der Waals surface area contributed by atoms with E-state index in [4.69, 9.17) is 16.3 Å². The number of Topliss-reactive ketones (excluding diaryl/α,β-unsaturated/α-hetero) is 1. The molecule has 1 saturated heterocycles. The van der Waals surface area contributed by atoms with E-state index in [0.717, 1.165) is 25.9 Å². The first kappa shape index (κ1) is 17.7. The molecule has 2 aromatic rings. The zero-order valence-electron chi connectivity index (χ0n) is 13.9. The number of phenols is 1. The Labute approximate surface area is 152 Å². The minimum absolute atomic E-state index is 0.0593. The molecule has 0 unspecified atom stereocenters. The molecule has 3 rings (SSSR count). The average molecular weight is 361 g/mol. The van der Waals surface area contributed by atoms with Gasteiger partial charge < -0.3 is 15.2 Å². The summed E-state index contributed by atoms with van der Waals surface area (Å²) in [5.74, 6) is 1.05. The molecule has 132 valence electrons. The SMILES string of the molecule is O=C(Cc1cc(Cl)ccc1O)c1cncc(OCC2CCNCC2)c1. The van der Waals surface area contributed by atoms with Crippen LogP contribution in [0.1, 0.15) is 28.8 Å². The topological polar surface area (TPSA) is 71.5 Å². The molecule has 0 spiro atoms. The van der Waals surface area contributed by atoms with Crippen molar-refractivity contribution in [3.63, 3.8) is 0 Å². The predicted octanol–water partition coefficient (Wildman–Crippen LogP) is 3.24. The Kier molecular flexibility index (Phi) is 5.89. The van der Waals surface area contributed by atoms with Gasteiger partial charge in [0, 0.05) is 28.8 Å². The molecular formula is C19H21ClN2O3. The van der Waals surface area contributed by atoms with Crippen molar-refractivity contribution in [3.05, 3.63) is 52.8 Å². The Morgan fingerprint density at radius 3 is 2.88 bits per heavy atom. The van der Waals surface area contributed by atoms with Crippen LogP contribution in [0.4, 0.5) is 0 Å². The first-order chi connectivity index (χ1) is 12.1. The lowest BCUT2D eigenvalue weighted by Crippen LogP contribution is -2.30. The molecule has 1 aromatic carbocycles. The second kappa shape index (κ2) is 8.32. The number of nitrogens with zero attached hydrogens (tertiary/aromatic N) is 1. The zero-order chi connectivity index (χ0) is 17.6. The highest BCUT2D eigenvalue weighted by molar-refractivity contribution is 6.30. The van der Waals surface area contributed by atoms with Crippen molar-refractivity contribution in [1.29, 1.82) is 0 Å². The van der Waals surface area contributed by atoms with E-state index in [9.17, 15) is 9.90 Å². The standard InChI is InChI=1S/C19H21ClN2O3/c20-16-1-2-18(23)14(7-16)9-19(24)15-8-17(11-22-10-15)25-12-13-3-5-21-6-4-13/h1-2,7-8,10-11,13,21,23H,3-6,9,12H2. The number of halogens is 1. The second-order valence-electron chi connectivity index (χ2n) is 6.29. The molecule has 0 saturated carbocycles. The summed E-state index contributed by atoms with van der Waals surface area (Å²) < 4.78 is 5.82. The largest absolute Gasteiger partial charge is 0.508 e. The molecule has 1 aromatic heterocycles. The maximum absolute atomic E-state index is 12.5. The molecule has 0 aliphatic carbocycles. The minimum atomic E-state index is -0.141. The van der Waals surface area contributed by atoms with E-state index in [1.807, 2.05) is 0 Å². The number of ketones is 1. The second-order valence-corrected chi connectivity index (χ2v) is 6.72. The third-order valence-electron chi connectivity index (χ3n) is 4.37. The van der Waals surface area contributed by atoms with E-state index >= 15 is 0 Å². The monoisotopic (exact) mass is 360 g/mol. The molecule has 1 aliphatic heterocycles. The number of hydrogen-bond donors (Lipinski definition) is 2. The molecule has 1 aliphatic rings. The summed E-state index contributed by atoms with van der Waals surface area (Å²) >= 11 is 5.93. The fourth-order valence-corrected chi connectivity index (χ4v) is 3.08. The quantitative estimate of drug-likeness (QED) is 0.774. The lowest BCUT2D eigenvalue weighted by molar-refractivity contribution is 0.0991. The van der Waals surface area contributed by atoms with E-state index in [-0.39, 0.29) is 18.0 Å². The maximum Gasteiger partial charge on any atom is 0.169 e. The van der Waals surface area contributed by atoms with Gasteiger partial charge in [-0.05, 0) is 56.1 Å². The number of carbonyl (C=O) groups is 1. The number of nitrogens with one attached hydrogen (secondary N) is 1. The summed E-state index contributed by atoms with van der Waals surface area (Å²) in [6.07, 6.45) is 5.39. The van der Waals surface area contributed by atoms with Crippen LogP contribution in [0.5, 0.6) is 11.5 Å². The van der Waals surface area contributed by atoms with Gasteiger partial charge in [0.2, 0.25) is 0 Å². The fourth-order valence-electron chi connectivity index (χ4n) is 2.88. The van der Waals surface area contributed by atoms with Gasteiger partial charge in [0.1, 0.15) is 11.5 Å². The Morgan fingerprint density at radius 2 is 2.08 bits per heavy atom. The number of aromatic hydroxyl groups is 1. The smallest absolute Gasteiger partial charge is 0.169 e. The molecule has 5 nitrogen and oxygen atoms in total. The van der Waals surface area contributed by atoms with E-state index in [1.165, 1.54) is 12.3 Å². The zero-order valence-corrected chi connectivity index (χ0v) is 14.6. The van der Waals surface area contributed by atoms with Crippen LogP contribution in [-0.2, 0) is 6.42 Å². The Balaban J connectivity index is 1.63. The van der Waals surface area contributed by atoms with E-state index < -0.39 is 0 Å². The molecule has 25 heavy (non-hydrogen) atoms. The van der Waals surface area contributed by atoms with Gasteiger partial charge in [-0.15, -0.1) is 0 Å². The number of piperidine rings is 1. The van der Waals surface area contributed by atoms with Gasteiger partial charge in [0.25, 0.3) is 0 Å². The van der Waals surface area contributed by atoms with Gasteiger partial charge in [0.15, 0.2) is 5.78 Å². The summed E-state index contributed by atoms with van der Waals surface area (Å²) in [5, 5.41) is 13.7. The number of ether oxygens (including phenoxy) is 1. The first-order valence-electron chi connectivity index (χ1n) is 8.41. The molecular weight excluding hydrogens is 340 g/mol. The summed E-state index contributed by atoms with van der Waals surface area (Å²) in [4.78, 5) is 16.6. The highest BCUT2D eigenvalue weighted by atomic mass is 35.5. The first-order valence-corrected chi connectivity index (χ1v) is 8.79. The van der Waals surface area contributed by atoms with Crippen LogP contribution < -0.4 is 10.1 Å². The molecule has 0 bridgehead atoms. The Bertz CT molecular complexity index is 745. The van der Waals surface area contributed by atoms with Crippen molar-refractivity contribution in [1.82, 2.24) is 10.3 Å². The van der Waals surface area contributed by atoms with Crippen LogP contribution >= 0.6 is 11.6 Å². The highest BCUT2D eigenvalue weighted by Gasteiger charge is 2.15. The van der Waals surface area contributed by atoms with Crippen LogP contribution in [0.3, 0.4) is 0 Å². The molecule has 1 fully saturated rings. The van der Waals surface area contributed by atoms with Crippen molar-refractivity contribution in [3.8, 4) is 11.5 Å². The predicted molar refractivity (Wildman–Crippen MR) is 96.5 cm³/mol. The van der Waals surface area contributed by atoms with E-state index in [1.54, 1.807) is 24.4 Å². The molecule has 2 N–H and O–H groups in total. The van der Waals surface area contributed by atoms with E-state index in [0.29, 0.717) is 34.4 Å². The van der Waals surface area contributed by atoms with Crippen LogP contribution in [0.15, 0.2) is 36.7 Å². The van der Waals surface area contributed by atoms with Crippen molar-refractivity contribution >= 4 is 17.4 Å². The van der Waals surface area contributed by atoms with Gasteiger partial charge >= 0.3 is 0 Å². The minimum Gasteiger partial charge on any atom is -0.508 e. The van der Waals surface area contributed by atoms with Gasteiger partial charge in [-0.25, -0.2) is 0 Å². The lowest BCUT2D eigenvalue weighted by Gasteiger charge is -2.22. The van der Waals surface area contributed by atoms with Gasteiger partial charge in [-0.2, -0.15) is 0 Å². The van der Waals surface area contributed by atoms with Crippen LogP contribution in [0, 0.1) is 5.92 Å². The summed E-state index contributed by atoms with van der Waals surface area (Å²) in [5.41, 5.74) is 0.959. The van der Waals surface area contributed by atoms with Crippen molar-refractivity contribution in [2.75, 3.05) is 19.7 Å². The molecule has 0 amide bonds. The van der Waals surface area contributed by atoms with Crippen LogP contribution in [0.2, 0.25) is 5.02 Å². The van der Waals surface area contributed by atoms with Gasteiger partial charge in [-0.1, -0.05) is 11.6 Å². The normalized spacial score (nSPS) is 15.1. The molecule has 0 radical (unpaired) electrons. The number of benzene rings is 1. The molecule has 6 heteroatoms. The Hall–Kier alpha value is -2.11. The maximum atomic E-state index is 12.5. The lowest BCUT2D eigenvalue weighted by atomic mass is 9.99. The van der Waals surface area contributed by atoms with Gasteiger partial charge in [0.05, 0.1) is 12.8 Å². The third kappa shape index (κ3) is 4.94. The Morgan fingerprint density at radius 1 is 1.28 bits per heavy atom. The van der Waals surface area contributed by atoms with Crippen molar-refractivity contribution < 1.29 is 14.6 Å². The summed E-state index contributed by atoms with van der Waals surface area (Å²) in [6, 6.07) is 6.38. The average Bonchev–Trinajstić information content (AvgIpc) is 2.64. The summed E-state index contributed by atoms with van der Waals surface area (Å²) in [7, 11) is 0. The molecule has 2 heterocycles. The van der Waals surface area contributed by atoms with Gasteiger partial charge in [-0.3, -0.25) is 9.78 Å². The number of carbonyl (C=O) groups excluding carboxylic acids is 1. The van der Waals surface area contributed by atoms with Crippen LogP contribution in [-0.4, -0.2) is 35.6 Å². The number of rotatable bonds is 6. The van der Waals surface area contributed by atoms with E-state index in [2.05, 4.69) is 10.3 Å². The third-order valence-corrected chi connectivity index (χ3v) is 4.61. The van der Waals surface area contributed by atoms with Crippen LogP contribution in [0.25, 0.3) is 0 Å². The number of hydrogen-bond acceptors (Lipinski definition) is 5. The highest BCUT2D eigenvalue weighted by Crippen LogP contribution is 2.24. The number of aromatic nitrogens is 1. The number of pyridine rings is 1. The molecule has 0 atom stereocenters. The number of phenolic OH excluding ortho intramolecular Hbond substituents is 1. The van der Waals surface area contributed by atoms with Crippen molar-refractivity contribution in [2.24, 2.45) is 5.92 Å². The van der Waals surface area contributed by atoms with Crippen molar-refractivity contribution in [2.45, 2.75) is 19.3 Å². The summed E-state index contributed by atoms with van der Waals surface area (Å²) in [6.45, 7) is 2.68. The fraction of sp³-hybridized carbons (Fsp3) is 0.368.